The predicted molar refractivity (Wildman–Crippen MR) is 51.3 cm³/mol. The van der Waals surface area contributed by atoms with Crippen LogP contribution in [0.1, 0.15) is 17.7 Å². The van der Waals surface area contributed by atoms with Crippen LogP contribution in [-0.4, -0.2) is 6.54 Å². The van der Waals surface area contributed by atoms with Crippen LogP contribution in [0.25, 0.3) is 10.4 Å². The maximum Gasteiger partial charge on any atom is 0.0258 e. The third-order valence-electron chi connectivity index (χ3n) is 1.57. The van der Waals surface area contributed by atoms with E-state index in [0.29, 0.717) is 6.54 Å². The van der Waals surface area contributed by atoms with Gasteiger partial charge in [0.15, 0.2) is 0 Å². The number of unbranched alkanes of at least 4 members (excludes halogenated alkanes) is 1. The zero-order valence-corrected chi connectivity index (χ0v) is 7.63. The molecule has 0 aliphatic heterocycles. The van der Waals surface area contributed by atoms with E-state index in [9.17, 15) is 0 Å². The Morgan fingerprint density at radius 1 is 1.50 bits per heavy atom. The van der Waals surface area contributed by atoms with Gasteiger partial charge in [-0.15, -0.1) is 11.3 Å². The number of hydrogen-bond acceptors (Lipinski definition) is 2. The van der Waals surface area contributed by atoms with Gasteiger partial charge in [0.25, 0.3) is 0 Å². The molecule has 1 heterocycles. The van der Waals surface area contributed by atoms with E-state index in [1.165, 1.54) is 4.88 Å². The highest BCUT2D eigenvalue weighted by Crippen LogP contribution is 2.11. The van der Waals surface area contributed by atoms with Gasteiger partial charge in [-0.25, -0.2) is 0 Å². The zero-order chi connectivity index (χ0) is 8.65. The normalized spacial score (nSPS) is 9.33. The molecule has 0 atom stereocenters. The van der Waals surface area contributed by atoms with Crippen LogP contribution in [-0.2, 0) is 6.42 Å². The Morgan fingerprint density at radius 3 is 3.08 bits per heavy atom. The second kappa shape index (κ2) is 5.63. The number of aryl methyl sites for hydroxylation is 1. The lowest BCUT2D eigenvalue weighted by Gasteiger charge is -1.93. The van der Waals surface area contributed by atoms with Crippen LogP contribution < -0.4 is 0 Å². The van der Waals surface area contributed by atoms with Crippen molar-refractivity contribution in [3.63, 3.8) is 0 Å². The summed E-state index contributed by atoms with van der Waals surface area (Å²) in [7, 11) is 0. The molecule has 0 radical (unpaired) electrons. The summed E-state index contributed by atoms with van der Waals surface area (Å²) < 4.78 is 0. The largest absolute Gasteiger partial charge is 0.149 e. The Bertz CT molecular complexity index is 249. The summed E-state index contributed by atoms with van der Waals surface area (Å²) in [4.78, 5) is 4.11. The molecule has 0 saturated carbocycles. The van der Waals surface area contributed by atoms with Gasteiger partial charge in [-0.1, -0.05) is 11.2 Å². The van der Waals surface area contributed by atoms with Crippen molar-refractivity contribution in [3.8, 4) is 0 Å². The molecule has 0 N–H and O–H groups in total. The molecule has 0 aromatic carbocycles. The van der Waals surface area contributed by atoms with Crippen LogP contribution in [0.15, 0.2) is 22.6 Å². The van der Waals surface area contributed by atoms with E-state index < -0.39 is 0 Å². The number of thiophene rings is 1. The Hall–Kier alpha value is -0.990. The van der Waals surface area contributed by atoms with Gasteiger partial charge < -0.3 is 0 Å². The first-order valence-corrected chi connectivity index (χ1v) is 4.84. The van der Waals surface area contributed by atoms with Crippen LogP contribution in [0, 0.1) is 0 Å². The Morgan fingerprint density at radius 2 is 2.42 bits per heavy atom. The van der Waals surface area contributed by atoms with Gasteiger partial charge in [0.05, 0.1) is 0 Å². The molecule has 0 amide bonds. The molecule has 0 fully saturated rings. The first-order valence-electron chi connectivity index (χ1n) is 3.96. The molecule has 0 unspecified atom stereocenters. The SMILES string of the molecule is [N-]=[N+]=NCCCCc1cccs1. The van der Waals surface area contributed by atoms with Crippen molar-refractivity contribution in [3.05, 3.63) is 32.8 Å². The van der Waals surface area contributed by atoms with Crippen molar-refractivity contribution in [1.29, 1.82) is 0 Å². The van der Waals surface area contributed by atoms with E-state index in [4.69, 9.17) is 5.53 Å². The molecule has 0 saturated heterocycles. The third-order valence-corrected chi connectivity index (χ3v) is 2.51. The fourth-order valence-electron chi connectivity index (χ4n) is 0.981. The van der Waals surface area contributed by atoms with E-state index in [1.807, 2.05) is 0 Å². The van der Waals surface area contributed by atoms with Gasteiger partial charge >= 0.3 is 0 Å². The molecule has 1 rings (SSSR count). The summed E-state index contributed by atoms with van der Waals surface area (Å²) in [6.07, 6.45) is 3.21. The monoisotopic (exact) mass is 181 g/mol. The van der Waals surface area contributed by atoms with Crippen molar-refractivity contribution in [2.24, 2.45) is 5.11 Å². The quantitative estimate of drug-likeness (QED) is 0.289. The van der Waals surface area contributed by atoms with E-state index in [0.717, 1.165) is 19.3 Å². The number of hydrogen-bond donors (Lipinski definition) is 0. The van der Waals surface area contributed by atoms with Crippen molar-refractivity contribution in [2.45, 2.75) is 19.3 Å². The Labute approximate surface area is 75.7 Å². The summed E-state index contributed by atoms with van der Waals surface area (Å²) >= 11 is 1.78. The summed E-state index contributed by atoms with van der Waals surface area (Å²) in [5.74, 6) is 0. The lowest BCUT2D eigenvalue weighted by atomic mass is 10.2. The van der Waals surface area contributed by atoms with Crippen molar-refractivity contribution in [2.75, 3.05) is 6.54 Å². The van der Waals surface area contributed by atoms with Crippen LogP contribution in [0.2, 0.25) is 0 Å². The third kappa shape index (κ3) is 3.42. The highest BCUT2D eigenvalue weighted by Gasteiger charge is 1.92. The van der Waals surface area contributed by atoms with E-state index in [2.05, 4.69) is 27.5 Å². The van der Waals surface area contributed by atoms with Crippen LogP contribution in [0.3, 0.4) is 0 Å². The first kappa shape index (κ1) is 9.10. The maximum atomic E-state index is 8.01. The predicted octanol–water partition coefficient (Wildman–Crippen LogP) is 3.38. The summed E-state index contributed by atoms with van der Waals surface area (Å²) in [5.41, 5.74) is 8.01. The second-order valence-corrected chi connectivity index (χ2v) is 3.52. The van der Waals surface area contributed by atoms with Gasteiger partial charge in [-0.05, 0) is 36.2 Å². The Balaban J connectivity index is 2.07. The molecule has 4 heteroatoms. The second-order valence-electron chi connectivity index (χ2n) is 2.49. The van der Waals surface area contributed by atoms with E-state index in [1.54, 1.807) is 11.3 Å². The fourth-order valence-corrected chi connectivity index (χ4v) is 1.73. The molecule has 0 bridgehead atoms. The van der Waals surface area contributed by atoms with Gasteiger partial charge in [0.1, 0.15) is 0 Å². The minimum Gasteiger partial charge on any atom is -0.149 e. The smallest absolute Gasteiger partial charge is 0.0258 e. The average Bonchev–Trinajstić information content (AvgIpc) is 2.57. The fraction of sp³-hybridized carbons (Fsp3) is 0.500. The molecular formula is C8H11N3S. The molecule has 0 aliphatic rings. The van der Waals surface area contributed by atoms with Crippen molar-refractivity contribution < 1.29 is 0 Å². The van der Waals surface area contributed by atoms with Crippen molar-refractivity contribution in [1.82, 2.24) is 0 Å². The van der Waals surface area contributed by atoms with Crippen LogP contribution >= 0.6 is 11.3 Å². The standard InChI is InChI=1S/C8H11N3S/c9-11-10-6-2-1-4-8-5-3-7-12-8/h3,5,7H,1-2,4,6H2. The summed E-state index contributed by atoms with van der Waals surface area (Å²) in [6, 6.07) is 4.20. The zero-order valence-electron chi connectivity index (χ0n) is 6.81. The molecule has 0 spiro atoms. The number of rotatable bonds is 5. The maximum absolute atomic E-state index is 8.01. The first-order chi connectivity index (χ1) is 5.93. The molecule has 3 nitrogen and oxygen atoms in total. The molecular weight excluding hydrogens is 170 g/mol. The molecule has 1 aromatic heterocycles. The van der Waals surface area contributed by atoms with Crippen molar-refractivity contribution >= 4 is 11.3 Å². The topological polar surface area (TPSA) is 48.8 Å². The molecule has 0 aliphatic carbocycles. The van der Waals surface area contributed by atoms with Gasteiger partial charge in [-0.3, -0.25) is 0 Å². The van der Waals surface area contributed by atoms with Crippen LogP contribution in [0.4, 0.5) is 0 Å². The molecule has 12 heavy (non-hydrogen) atoms. The van der Waals surface area contributed by atoms with E-state index in [-0.39, 0.29) is 0 Å². The lowest BCUT2D eigenvalue weighted by Crippen LogP contribution is -1.83. The minimum absolute atomic E-state index is 0.627. The lowest BCUT2D eigenvalue weighted by molar-refractivity contribution is 0.748. The minimum atomic E-state index is 0.627. The number of azide groups is 1. The van der Waals surface area contributed by atoms with Crippen LogP contribution in [0.5, 0.6) is 0 Å². The Kier molecular flexibility index (Phi) is 4.27. The summed E-state index contributed by atoms with van der Waals surface area (Å²) in [6.45, 7) is 0.627. The number of nitrogens with zero attached hydrogens (tertiary/aromatic N) is 3. The average molecular weight is 181 g/mol. The highest BCUT2D eigenvalue weighted by molar-refractivity contribution is 7.09. The molecule has 64 valence electrons. The molecule has 1 aromatic rings. The van der Waals surface area contributed by atoms with Gasteiger partial charge in [0, 0.05) is 16.3 Å². The van der Waals surface area contributed by atoms with Gasteiger partial charge in [-0.2, -0.15) is 0 Å². The summed E-state index contributed by atoms with van der Waals surface area (Å²) in [5, 5.41) is 5.56. The highest BCUT2D eigenvalue weighted by atomic mass is 32.1. The van der Waals surface area contributed by atoms with Gasteiger partial charge in [0.2, 0.25) is 0 Å². The van der Waals surface area contributed by atoms with E-state index >= 15 is 0 Å².